The fraction of sp³-hybridized carbons (Fsp3) is 0.286. The van der Waals surface area contributed by atoms with Crippen molar-refractivity contribution in [2.75, 3.05) is 0 Å². The van der Waals surface area contributed by atoms with E-state index >= 15 is 0 Å². The highest BCUT2D eigenvalue weighted by atomic mass is 32.1. The van der Waals surface area contributed by atoms with Gasteiger partial charge < -0.3 is 0 Å². The second-order valence-corrected chi connectivity index (χ2v) is 5.16. The number of benzene rings is 1. The lowest BCUT2D eigenvalue weighted by Crippen LogP contribution is -2.29. The molecule has 0 saturated heterocycles. The third-order valence-corrected chi connectivity index (χ3v) is 4.11. The highest BCUT2D eigenvalue weighted by Crippen LogP contribution is 2.27. The van der Waals surface area contributed by atoms with Gasteiger partial charge >= 0.3 is 0 Å². The first kappa shape index (κ1) is 13.2. The van der Waals surface area contributed by atoms with Crippen LogP contribution in [0.5, 0.6) is 0 Å². The van der Waals surface area contributed by atoms with E-state index in [0.717, 1.165) is 18.4 Å². The molecule has 0 aliphatic rings. The summed E-state index contributed by atoms with van der Waals surface area (Å²) in [4.78, 5) is 1.27. The zero-order valence-electron chi connectivity index (χ0n) is 10.3. The van der Waals surface area contributed by atoms with Crippen LogP contribution in [-0.2, 0) is 12.8 Å². The lowest BCUT2D eigenvalue weighted by Gasteiger charge is -2.16. The maximum Gasteiger partial charge on any atom is 0.123 e. The predicted molar refractivity (Wildman–Crippen MR) is 73.9 cm³/mol. The molecule has 1 atom stereocenters. The number of halogens is 1. The summed E-state index contributed by atoms with van der Waals surface area (Å²) >= 11 is 1.71. The Morgan fingerprint density at radius 3 is 2.61 bits per heavy atom. The summed E-state index contributed by atoms with van der Waals surface area (Å²) in [7, 11) is 0. The molecule has 2 rings (SSSR count). The molecule has 1 aromatic carbocycles. The van der Waals surface area contributed by atoms with E-state index < -0.39 is 0 Å². The van der Waals surface area contributed by atoms with Crippen molar-refractivity contribution >= 4 is 11.3 Å². The quantitative estimate of drug-likeness (QED) is 0.643. The zero-order chi connectivity index (χ0) is 13.0. The molecule has 0 fully saturated rings. The number of aryl methyl sites for hydroxylation is 1. The van der Waals surface area contributed by atoms with Crippen LogP contribution in [0.1, 0.15) is 29.0 Å². The summed E-state index contributed by atoms with van der Waals surface area (Å²) in [5.41, 5.74) is 5.26. The first-order valence-corrected chi connectivity index (χ1v) is 6.89. The van der Waals surface area contributed by atoms with E-state index in [1.807, 2.05) is 0 Å². The molecule has 1 aromatic heterocycles. The largest absolute Gasteiger partial charge is 0.271 e. The molecule has 0 aliphatic carbocycles. The Balaban J connectivity index is 2.17. The Morgan fingerprint density at radius 1 is 1.28 bits per heavy atom. The number of nitrogens with one attached hydrogen (secondary N) is 1. The van der Waals surface area contributed by atoms with Gasteiger partial charge in [-0.05, 0) is 47.5 Å². The molecular weight excluding hydrogens is 247 g/mol. The molecule has 96 valence electrons. The lowest BCUT2D eigenvalue weighted by molar-refractivity contribution is 0.555. The maximum atomic E-state index is 12.9. The van der Waals surface area contributed by atoms with Crippen LogP contribution in [-0.4, -0.2) is 0 Å². The molecule has 0 aliphatic heterocycles. The van der Waals surface area contributed by atoms with Crippen molar-refractivity contribution in [3.63, 3.8) is 0 Å². The molecule has 0 spiro atoms. The summed E-state index contributed by atoms with van der Waals surface area (Å²) in [6.45, 7) is 2.14. The monoisotopic (exact) mass is 264 g/mol. The second kappa shape index (κ2) is 6.09. The van der Waals surface area contributed by atoms with Gasteiger partial charge in [-0.1, -0.05) is 19.1 Å². The van der Waals surface area contributed by atoms with Crippen molar-refractivity contribution in [3.8, 4) is 0 Å². The van der Waals surface area contributed by atoms with Gasteiger partial charge in [-0.3, -0.25) is 11.3 Å². The Kier molecular flexibility index (Phi) is 4.47. The molecule has 0 saturated carbocycles. The van der Waals surface area contributed by atoms with E-state index in [4.69, 9.17) is 5.84 Å². The molecule has 3 N–H and O–H groups in total. The van der Waals surface area contributed by atoms with Gasteiger partial charge in [0.2, 0.25) is 0 Å². The highest BCUT2D eigenvalue weighted by molar-refractivity contribution is 7.10. The van der Waals surface area contributed by atoms with Crippen molar-refractivity contribution < 1.29 is 4.39 Å². The van der Waals surface area contributed by atoms with Crippen LogP contribution in [0.2, 0.25) is 0 Å². The summed E-state index contributed by atoms with van der Waals surface area (Å²) in [6.07, 6.45) is 1.77. The zero-order valence-corrected chi connectivity index (χ0v) is 11.1. The van der Waals surface area contributed by atoms with Crippen molar-refractivity contribution in [1.29, 1.82) is 0 Å². The van der Waals surface area contributed by atoms with Crippen LogP contribution in [0.3, 0.4) is 0 Å². The van der Waals surface area contributed by atoms with Crippen LogP contribution in [0, 0.1) is 5.82 Å². The van der Waals surface area contributed by atoms with Gasteiger partial charge in [-0.15, -0.1) is 11.3 Å². The van der Waals surface area contributed by atoms with Gasteiger partial charge in [0.1, 0.15) is 5.82 Å². The van der Waals surface area contributed by atoms with Crippen LogP contribution < -0.4 is 11.3 Å². The topological polar surface area (TPSA) is 38.0 Å². The average molecular weight is 264 g/mol. The van der Waals surface area contributed by atoms with Gasteiger partial charge in [-0.25, -0.2) is 4.39 Å². The average Bonchev–Trinajstić information content (AvgIpc) is 2.86. The van der Waals surface area contributed by atoms with E-state index in [9.17, 15) is 4.39 Å². The normalized spacial score (nSPS) is 12.6. The smallest absolute Gasteiger partial charge is 0.123 e. The van der Waals surface area contributed by atoms with Crippen molar-refractivity contribution in [2.45, 2.75) is 25.8 Å². The second-order valence-electron chi connectivity index (χ2n) is 4.21. The van der Waals surface area contributed by atoms with Crippen molar-refractivity contribution in [1.82, 2.24) is 5.43 Å². The Morgan fingerprint density at radius 2 is 2.00 bits per heavy atom. The molecule has 0 radical (unpaired) electrons. The number of nitrogens with two attached hydrogens (primary N) is 1. The fourth-order valence-electron chi connectivity index (χ4n) is 2.03. The van der Waals surface area contributed by atoms with E-state index in [1.165, 1.54) is 22.6 Å². The van der Waals surface area contributed by atoms with Crippen molar-refractivity contribution in [3.05, 3.63) is 57.5 Å². The minimum Gasteiger partial charge on any atom is -0.271 e. The summed E-state index contributed by atoms with van der Waals surface area (Å²) in [6, 6.07) is 8.80. The van der Waals surface area contributed by atoms with E-state index in [-0.39, 0.29) is 11.9 Å². The molecule has 0 bridgehead atoms. The Hall–Kier alpha value is -1.23. The van der Waals surface area contributed by atoms with E-state index in [2.05, 4.69) is 23.8 Å². The predicted octanol–water partition coefficient (Wildman–Crippen LogP) is 3.20. The molecule has 2 aromatic rings. The minimum atomic E-state index is -0.207. The summed E-state index contributed by atoms with van der Waals surface area (Å²) in [5, 5.41) is 2.09. The third kappa shape index (κ3) is 2.96. The molecule has 1 unspecified atom stereocenters. The molecule has 2 nitrogen and oxygen atoms in total. The van der Waals surface area contributed by atoms with Crippen LogP contribution >= 0.6 is 11.3 Å². The molecule has 4 heteroatoms. The number of rotatable bonds is 5. The summed E-state index contributed by atoms with van der Waals surface area (Å²) in [5.74, 6) is 5.44. The fourth-order valence-corrected chi connectivity index (χ4v) is 3.09. The van der Waals surface area contributed by atoms with Crippen LogP contribution in [0.25, 0.3) is 0 Å². The Bertz CT molecular complexity index is 493. The molecule has 18 heavy (non-hydrogen) atoms. The number of hydrazine groups is 1. The van der Waals surface area contributed by atoms with Gasteiger partial charge in [0.05, 0.1) is 6.04 Å². The molecular formula is C14H17FN2S. The van der Waals surface area contributed by atoms with Crippen LogP contribution in [0.15, 0.2) is 35.7 Å². The Labute approximate surface area is 111 Å². The van der Waals surface area contributed by atoms with E-state index in [0.29, 0.717) is 0 Å². The molecule has 1 heterocycles. The number of thiophene rings is 1. The number of hydrogen-bond acceptors (Lipinski definition) is 3. The van der Waals surface area contributed by atoms with Crippen LogP contribution in [0.4, 0.5) is 4.39 Å². The minimum absolute atomic E-state index is 0.0883. The van der Waals surface area contributed by atoms with Gasteiger partial charge in [0.25, 0.3) is 0 Å². The SMILES string of the molecule is CCc1ccsc1C(Cc1ccc(F)cc1)NN. The van der Waals surface area contributed by atoms with Gasteiger partial charge in [0, 0.05) is 4.88 Å². The standard InChI is InChI=1S/C14H17FN2S/c1-2-11-7-8-18-14(11)13(17-16)9-10-3-5-12(15)6-4-10/h3-8,13,17H,2,9,16H2,1H3. The maximum absolute atomic E-state index is 12.9. The highest BCUT2D eigenvalue weighted by Gasteiger charge is 2.15. The summed E-state index contributed by atoms with van der Waals surface area (Å²) < 4.78 is 12.9. The third-order valence-electron chi connectivity index (χ3n) is 3.03. The van der Waals surface area contributed by atoms with Gasteiger partial charge in [0.15, 0.2) is 0 Å². The molecule has 0 amide bonds. The lowest BCUT2D eigenvalue weighted by atomic mass is 10.0. The van der Waals surface area contributed by atoms with Crippen molar-refractivity contribution in [2.24, 2.45) is 5.84 Å². The van der Waals surface area contributed by atoms with Gasteiger partial charge in [-0.2, -0.15) is 0 Å². The number of hydrogen-bond donors (Lipinski definition) is 2. The first-order valence-electron chi connectivity index (χ1n) is 6.01. The van der Waals surface area contributed by atoms with E-state index in [1.54, 1.807) is 23.5 Å². The first-order chi connectivity index (χ1) is 8.74.